The van der Waals surface area contributed by atoms with Gasteiger partial charge < -0.3 is 10.2 Å². The summed E-state index contributed by atoms with van der Waals surface area (Å²) in [5.41, 5.74) is -0.475. The fraction of sp³-hybridized carbons (Fsp3) is 0.862. The second kappa shape index (κ2) is 7.81. The Hall–Kier alpha value is -1.38. The fourth-order valence-electron chi connectivity index (χ4n) is 9.92. The molecule has 0 bridgehead atoms. The summed E-state index contributed by atoms with van der Waals surface area (Å²) < 4.78 is 1.78. The van der Waals surface area contributed by atoms with Gasteiger partial charge in [-0.3, -0.25) is 4.68 Å². The van der Waals surface area contributed by atoms with Crippen LogP contribution < -0.4 is 0 Å². The highest BCUT2D eigenvalue weighted by molar-refractivity contribution is 5.22. The highest BCUT2D eigenvalue weighted by Crippen LogP contribution is 2.69. The van der Waals surface area contributed by atoms with Gasteiger partial charge in [-0.05, 0) is 131 Å². The average Bonchev–Trinajstić information content (AvgIpc) is 3.41. The summed E-state index contributed by atoms with van der Waals surface area (Å²) in [5, 5.41) is 36.8. The lowest BCUT2D eigenvalue weighted by molar-refractivity contribution is -0.174. The number of fused-ring (bicyclic) bond motifs is 5. The van der Waals surface area contributed by atoms with Crippen molar-refractivity contribution in [3.63, 3.8) is 0 Å². The lowest BCUT2D eigenvalue weighted by Crippen LogP contribution is -2.59. The van der Waals surface area contributed by atoms with Crippen LogP contribution in [0.15, 0.2) is 12.4 Å². The van der Waals surface area contributed by atoms with E-state index in [1.54, 1.807) is 17.1 Å². The molecule has 5 aliphatic rings. The summed E-state index contributed by atoms with van der Waals surface area (Å²) in [7, 11) is 0. The van der Waals surface area contributed by atoms with Crippen molar-refractivity contribution < 1.29 is 10.2 Å². The molecule has 2 N–H and O–H groups in total. The van der Waals surface area contributed by atoms with Crippen molar-refractivity contribution in [2.24, 2.45) is 52.8 Å². The van der Waals surface area contributed by atoms with Gasteiger partial charge in [0.25, 0.3) is 0 Å². The van der Waals surface area contributed by atoms with Crippen LogP contribution in [0.3, 0.4) is 0 Å². The SMILES string of the molecule is C[C@@]1(O)CC[C@H]2[C@H](CC([C@@](C)(O)Cn3cc(C#N)cn3)[C@@H]3[C@@H]2CC[C@]2(C)CC[C@@H](C4CC4)[C@@H]32)C1. The zero-order chi connectivity index (χ0) is 23.9. The van der Waals surface area contributed by atoms with Crippen LogP contribution in [0.1, 0.15) is 90.5 Å². The number of rotatable bonds is 4. The monoisotopic (exact) mass is 465 g/mol. The molecule has 186 valence electrons. The summed E-state index contributed by atoms with van der Waals surface area (Å²) in [5.74, 6) is 5.15. The van der Waals surface area contributed by atoms with Gasteiger partial charge in [0.15, 0.2) is 0 Å². The van der Waals surface area contributed by atoms with E-state index in [1.807, 2.05) is 13.8 Å². The molecule has 5 nitrogen and oxygen atoms in total. The summed E-state index contributed by atoms with van der Waals surface area (Å²) in [6, 6.07) is 2.17. The van der Waals surface area contributed by atoms with Crippen molar-refractivity contribution in [3.8, 4) is 6.07 Å². The van der Waals surface area contributed by atoms with Gasteiger partial charge in [-0.2, -0.15) is 10.4 Å². The summed E-state index contributed by atoms with van der Waals surface area (Å²) >= 11 is 0. The minimum Gasteiger partial charge on any atom is -0.390 e. The molecule has 6 rings (SSSR count). The van der Waals surface area contributed by atoms with E-state index in [1.165, 1.54) is 38.5 Å². The molecule has 0 radical (unpaired) electrons. The number of aliphatic hydroxyl groups is 2. The topological polar surface area (TPSA) is 82.1 Å². The molecule has 5 heteroatoms. The minimum absolute atomic E-state index is 0.214. The summed E-state index contributed by atoms with van der Waals surface area (Å²) in [6.07, 6.45) is 15.6. The van der Waals surface area contributed by atoms with Gasteiger partial charge >= 0.3 is 0 Å². The minimum atomic E-state index is -0.884. The third kappa shape index (κ3) is 3.75. The Morgan fingerprint density at radius 1 is 1.09 bits per heavy atom. The van der Waals surface area contributed by atoms with Crippen LogP contribution in [0, 0.1) is 64.1 Å². The van der Waals surface area contributed by atoms with E-state index in [4.69, 9.17) is 0 Å². The van der Waals surface area contributed by atoms with Gasteiger partial charge in [0.1, 0.15) is 6.07 Å². The molecule has 5 saturated carbocycles. The van der Waals surface area contributed by atoms with Gasteiger partial charge in [0.2, 0.25) is 0 Å². The first-order chi connectivity index (χ1) is 16.1. The molecule has 0 saturated heterocycles. The molecular formula is C29H43N3O2. The smallest absolute Gasteiger partial charge is 0.102 e. The van der Waals surface area contributed by atoms with Crippen molar-refractivity contribution in [1.82, 2.24) is 9.78 Å². The number of nitrogens with zero attached hydrogens (tertiary/aromatic N) is 3. The third-order valence-electron chi connectivity index (χ3n) is 11.4. The van der Waals surface area contributed by atoms with E-state index in [-0.39, 0.29) is 5.92 Å². The summed E-state index contributed by atoms with van der Waals surface area (Å²) in [4.78, 5) is 0. The first-order valence-corrected chi connectivity index (χ1v) is 14.0. The van der Waals surface area contributed by atoms with Crippen molar-refractivity contribution in [2.75, 3.05) is 0 Å². The third-order valence-corrected chi connectivity index (χ3v) is 11.4. The van der Waals surface area contributed by atoms with Crippen LogP contribution in [0.4, 0.5) is 0 Å². The average molecular weight is 466 g/mol. The largest absolute Gasteiger partial charge is 0.390 e. The Kier molecular flexibility index (Phi) is 5.29. The quantitative estimate of drug-likeness (QED) is 0.643. The maximum Gasteiger partial charge on any atom is 0.102 e. The number of hydrogen-bond donors (Lipinski definition) is 2. The second-order valence-corrected chi connectivity index (χ2v) is 13.9. The lowest BCUT2D eigenvalue weighted by atomic mass is 9.44. The second-order valence-electron chi connectivity index (χ2n) is 13.9. The van der Waals surface area contributed by atoms with Crippen LogP contribution in [0.5, 0.6) is 0 Å². The molecule has 0 aromatic carbocycles. The number of hydrogen-bond acceptors (Lipinski definition) is 4. The molecule has 10 atom stereocenters. The first-order valence-electron chi connectivity index (χ1n) is 14.0. The van der Waals surface area contributed by atoms with Crippen molar-refractivity contribution in [2.45, 2.75) is 103 Å². The van der Waals surface area contributed by atoms with E-state index in [0.29, 0.717) is 41.2 Å². The maximum atomic E-state index is 12.2. The maximum absolute atomic E-state index is 12.2. The number of nitriles is 1. The molecule has 34 heavy (non-hydrogen) atoms. The standard InChI is InChI=1S/C29H43N3O2/c1-27-9-6-22(19-4-5-19)26(27)25-23(7-10-27)21-8-11-28(2,33)13-20(21)12-24(25)29(3,34)17-32-16-18(14-30)15-31-32/h15-16,19-26,33-34H,4-13,17H2,1-3H3/t20-,21+,22+,23-,24?,25+,26+,27+,28-,29+/m1/s1. The Morgan fingerprint density at radius 2 is 1.79 bits per heavy atom. The zero-order valence-electron chi connectivity index (χ0n) is 21.3. The van der Waals surface area contributed by atoms with Gasteiger partial charge in [0, 0.05) is 6.20 Å². The van der Waals surface area contributed by atoms with Crippen LogP contribution in [0.2, 0.25) is 0 Å². The van der Waals surface area contributed by atoms with Crippen LogP contribution in [0.25, 0.3) is 0 Å². The van der Waals surface area contributed by atoms with Crippen LogP contribution in [-0.2, 0) is 6.54 Å². The van der Waals surface area contributed by atoms with E-state index < -0.39 is 11.2 Å². The van der Waals surface area contributed by atoms with E-state index in [0.717, 1.165) is 43.4 Å². The Labute approximate surface area is 204 Å². The Bertz CT molecular complexity index is 972. The van der Waals surface area contributed by atoms with E-state index >= 15 is 0 Å². The van der Waals surface area contributed by atoms with E-state index in [9.17, 15) is 15.5 Å². The zero-order valence-corrected chi connectivity index (χ0v) is 21.3. The predicted octanol–water partition coefficient (Wildman–Crippen LogP) is 5.16. The predicted molar refractivity (Wildman–Crippen MR) is 130 cm³/mol. The number of aromatic nitrogens is 2. The van der Waals surface area contributed by atoms with Crippen LogP contribution in [-0.4, -0.2) is 31.2 Å². The molecule has 1 aromatic rings. The van der Waals surface area contributed by atoms with Gasteiger partial charge in [-0.1, -0.05) is 6.92 Å². The first kappa shape index (κ1) is 23.0. The van der Waals surface area contributed by atoms with Crippen molar-refractivity contribution in [3.05, 3.63) is 18.0 Å². The molecule has 5 aliphatic carbocycles. The molecule has 0 aliphatic heterocycles. The summed E-state index contributed by atoms with van der Waals surface area (Å²) in [6.45, 7) is 7.07. The van der Waals surface area contributed by atoms with E-state index in [2.05, 4.69) is 18.1 Å². The molecule has 0 spiro atoms. The molecule has 1 aromatic heterocycles. The van der Waals surface area contributed by atoms with Gasteiger partial charge in [-0.25, -0.2) is 0 Å². The van der Waals surface area contributed by atoms with Crippen LogP contribution >= 0.6 is 0 Å². The molecule has 1 unspecified atom stereocenters. The Morgan fingerprint density at radius 3 is 2.47 bits per heavy atom. The van der Waals surface area contributed by atoms with Crippen molar-refractivity contribution in [1.29, 1.82) is 5.26 Å². The highest BCUT2D eigenvalue weighted by atomic mass is 16.3. The normalized spacial score (nSPS) is 47.7. The highest BCUT2D eigenvalue weighted by Gasteiger charge is 2.63. The molecule has 1 heterocycles. The van der Waals surface area contributed by atoms with Gasteiger partial charge in [-0.15, -0.1) is 0 Å². The Balaban J connectivity index is 1.38. The lowest BCUT2D eigenvalue weighted by Gasteiger charge is -2.61. The molecule has 0 amide bonds. The molecule has 5 fully saturated rings. The molecular weight excluding hydrogens is 422 g/mol. The van der Waals surface area contributed by atoms with Gasteiger partial charge in [0.05, 0.1) is 29.5 Å². The fourth-order valence-corrected chi connectivity index (χ4v) is 9.92. The van der Waals surface area contributed by atoms with Crippen molar-refractivity contribution >= 4 is 0 Å².